The number of carbonyl (C=O) groups is 1. The lowest BCUT2D eigenvalue weighted by atomic mass is 9.93. The first kappa shape index (κ1) is 17.0. The van der Waals surface area contributed by atoms with E-state index in [4.69, 9.17) is 0 Å². The quantitative estimate of drug-likeness (QED) is 0.863. The van der Waals surface area contributed by atoms with Gasteiger partial charge in [-0.25, -0.2) is 4.98 Å². The predicted molar refractivity (Wildman–Crippen MR) is 97.8 cm³/mol. The van der Waals surface area contributed by atoms with E-state index in [1.54, 1.807) is 12.4 Å². The van der Waals surface area contributed by atoms with E-state index in [9.17, 15) is 9.59 Å². The molecular formula is C19H25N5O2. The van der Waals surface area contributed by atoms with Crippen LogP contribution in [-0.2, 0) is 13.6 Å². The highest BCUT2D eigenvalue weighted by atomic mass is 16.2. The van der Waals surface area contributed by atoms with Gasteiger partial charge in [0.15, 0.2) is 0 Å². The Bertz CT molecular complexity index is 878. The van der Waals surface area contributed by atoms with E-state index in [0.717, 1.165) is 38.2 Å². The highest BCUT2D eigenvalue weighted by molar-refractivity contribution is 5.95. The Morgan fingerprint density at radius 2 is 2.19 bits per heavy atom. The normalized spacial score (nSPS) is 20.9. The van der Waals surface area contributed by atoms with Gasteiger partial charge in [-0.15, -0.1) is 0 Å². The number of H-pyrrole nitrogens is 1. The average Bonchev–Trinajstić information content (AvgIpc) is 3.13. The second kappa shape index (κ2) is 6.39. The summed E-state index contributed by atoms with van der Waals surface area (Å²) >= 11 is 0. The standard InChI is InChI=1S/C19H25N5O2/c1-13-9-17(25)22-11-14(13)18(26)24(12-16-21-7-8-23(16)2)15-10-19(15)3-5-20-6-4-19/h7-9,11,15,20H,3-6,10,12H2,1-2H3,(H,22,25). The molecule has 2 aromatic heterocycles. The van der Waals surface area contributed by atoms with Crippen LogP contribution in [0.4, 0.5) is 0 Å². The van der Waals surface area contributed by atoms with Crippen molar-refractivity contribution in [2.24, 2.45) is 12.5 Å². The highest BCUT2D eigenvalue weighted by Gasteiger charge is 2.58. The van der Waals surface area contributed by atoms with Crippen LogP contribution < -0.4 is 10.9 Å². The number of nitrogens with zero attached hydrogens (tertiary/aromatic N) is 3. The maximum atomic E-state index is 13.4. The van der Waals surface area contributed by atoms with Crippen LogP contribution in [-0.4, -0.2) is 44.5 Å². The largest absolute Gasteiger partial charge is 0.337 e. The molecule has 1 aliphatic carbocycles. The molecule has 1 amide bonds. The summed E-state index contributed by atoms with van der Waals surface area (Å²) in [6.45, 7) is 4.33. The van der Waals surface area contributed by atoms with Crippen LogP contribution in [0, 0.1) is 12.3 Å². The molecule has 0 radical (unpaired) electrons. The number of aryl methyl sites for hydroxylation is 2. The van der Waals surface area contributed by atoms with Crippen molar-refractivity contribution >= 4 is 5.91 Å². The fourth-order valence-corrected chi connectivity index (χ4v) is 4.21. The second-order valence-electron chi connectivity index (χ2n) is 7.61. The topological polar surface area (TPSA) is 83.0 Å². The molecule has 2 fully saturated rings. The Hall–Kier alpha value is -2.41. The Morgan fingerprint density at radius 3 is 2.85 bits per heavy atom. The summed E-state index contributed by atoms with van der Waals surface area (Å²) < 4.78 is 1.96. The van der Waals surface area contributed by atoms with E-state index in [1.807, 2.05) is 29.6 Å². The van der Waals surface area contributed by atoms with Crippen molar-refractivity contribution in [3.63, 3.8) is 0 Å². The van der Waals surface area contributed by atoms with E-state index in [0.29, 0.717) is 17.7 Å². The van der Waals surface area contributed by atoms with Crippen molar-refractivity contribution in [2.45, 2.75) is 38.8 Å². The van der Waals surface area contributed by atoms with Crippen molar-refractivity contribution in [3.05, 3.63) is 52.0 Å². The summed E-state index contributed by atoms with van der Waals surface area (Å²) in [4.78, 5) is 33.9. The van der Waals surface area contributed by atoms with Crippen LogP contribution in [0.3, 0.4) is 0 Å². The number of amides is 1. The van der Waals surface area contributed by atoms with E-state index < -0.39 is 0 Å². The lowest BCUT2D eigenvalue weighted by Gasteiger charge is -2.30. The molecule has 0 aromatic carbocycles. The molecule has 26 heavy (non-hydrogen) atoms. The molecule has 7 nitrogen and oxygen atoms in total. The molecule has 7 heteroatoms. The number of nitrogens with one attached hydrogen (secondary N) is 2. The molecule has 2 aromatic rings. The molecule has 2 N–H and O–H groups in total. The zero-order chi connectivity index (χ0) is 18.3. The third-order valence-electron chi connectivity index (χ3n) is 5.98. The van der Waals surface area contributed by atoms with Gasteiger partial charge in [0.05, 0.1) is 12.1 Å². The molecule has 138 valence electrons. The van der Waals surface area contributed by atoms with Crippen molar-refractivity contribution < 1.29 is 4.79 Å². The molecule has 1 aliphatic heterocycles. The number of carbonyl (C=O) groups excluding carboxylic acids is 1. The zero-order valence-electron chi connectivity index (χ0n) is 15.3. The number of hydrogen-bond donors (Lipinski definition) is 2. The Morgan fingerprint density at radius 1 is 1.42 bits per heavy atom. The molecule has 1 saturated heterocycles. The van der Waals surface area contributed by atoms with Crippen LogP contribution in [0.25, 0.3) is 0 Å². The number of pyridine rings is 1. The molecule has 4 rings (SSSR count). The molecule has 1 saturated carbocycles. The minimum absolute atomic E-state index is 0.0258. The fourth-order valence-electron chi connectivity index (χ4n) is 4.21. The van der Waals surface area contributed by atoms with Gasteiger partial charge in [0.2, 0.25) is 5.56 Å². The molecule has 0 bridgehead atoms. The molecule has 2 aliphatic rings. The lowest BCUT2D eigenvalue weighted by molar-refractivity contribution is 0.0684. The van der Waals surface area contributed by atoms with E-state index in [2.05, 4.69) is 15.3 Å². The Kier molecular flexibility index (Phi) is 4.19. The zero-order valence-corrected chi connectivity index (χ0v) is 15.3. The van der Waals surface area contributed by atoms with E-state index in [-0.39, 0.29) is 22.9 Å². The fraction of sp³-hybridized carbons (Fsp3) is 0.526. The first-order valence-electron chi connectivity index (χ1n) is 9.17. The third kappa shape index (κ3) is 2.96. The van der Waals surface area contributed by atoms with Gasteiger partial charge < -0.3 is 19.8 Å². The van der Waals surface area contributed by atoms with Gasteiger partial charge in [0.1, 0.15) is 5.82 Å². The third-order valence-corrected chi connectivity index (χ3v) is 5.98. The number of aromatic amines is 1. The highest BCUT2D eigenvalue weighted by Crippen LogP contribution is 2.56. The monoisotopic (exact) mass is 355 g/mol. The lowest BCUT2D eigenvalue weighted by Crippen LogP contribution is -2.40. The van der Waals surface area contributed by atoms with Gasteiger partial charge >= 0.3 is 0 Å². The summed E-state index contributed by atoms with van der Waals surface area (Å²) in [6, 6.07) is 1.72. The second-order valence-corrected chi connectivity index (χ2v) is 7.61. The first-order chi connectivity index (χ1) is 12.5. The van der Waals surface area contributed by atoms with Crippen molar-refractivity contribution in [1.29, 1.82) is 0 Å². The van der Waals surface area contributed by atoms with Crippen LogP contribution in [0.15, 0.2) is 29.5 Å². The number of piperidine rings is 1. The summed E-state index contributed by atoms with van der Waals surface area (Å²) in [6.07, 6.45) is 8.46. The first-order valence-corrected chi connectivity index (χ1v) is 9.17. The summed E-state index contributed by atoms with van der Waals surface area (Å²) in [5, 5.41) is 3.41. The van der Waals surface area contributed by atoms with E-state index >= 15 is 0 Å². The number of imidazole rings is 1. The Balaban J connectivity index is 1.65. The van der Waals surface area contributed by atoms with Gasteiger partial charge in [-0.1, -0.05) is 0 Å². The van der Waals surface area contributed by atoms with E-state index in [1.165, 1.54) is 6.07 Å². The van der Waals surface area contributed by atoms with Crippen LogP contribution in [0.5, 0.6) is 0 Å². The summed E-state index contributed by atoms with van der Waals surface area (Å²) in [7, 11) is 1.95. The maximum Gasteiger partial charge on any atom is 0.256 e. The summed E-state index contributed by atoms with van der Waals surface area (Å²) in [5.74, 6) is 0.846. The van der Waals surface area contributed by atoms with Gasteiger partial charge in [-0.2, -0.15) is 0 Å². The van der Waals surface area contributed by atoms with Crippen LogP contribution in [0.1, 0.15) is 41.0 Å². The van der Waals surface area contributed by atoms with Crippen LogP contribution in [0.2, 0.25) is 0 Å². The molecule has 1 unspecified atom stereocenters. The predicted octanol–water partition coefficient (Wildman–Crippen LogP) is 1.20. The minimum atomic E-state index is -0.184. The number of rotatable bonds is 4. The van der Waals surface area contributed by atoms with Gasteiger partial charge in [-0.3, -0.25) is 9.59 Å². The Labute approximate surface area is 152 Å². The molecular weight excluding hydrogens is 330 g/mol. The van der Waals surface area contributed by atoms with Gasteiger partial charge in [0.25, 0.3) is 5.91 Å². The summed E-state index contributed by atoms with van der Waals surface area (Å²) in [5.41, 5.74) is 1.33. The smallest absolute Gasteiger partial charge is 0.256 e. The number of aromatic nitrogens is 3. The van der Waals surface area contributed by atoms with Crippen molar-refractivity contribution in [3.8, 4) is 0 Å². The number of hydrogen-bond acceptors (Lipinski definition) is 4. The SMILES string of the molecule is Cc1cc(=O)[nH]cc1C(=O)N(Cc1nccn1C)C1CC12CCNCC2. The van der Waals surface area contributed by atoms with Crippen molar-refractivity contribution in [2.75, 3.05) is 13.1 Å². The average molecular weight is 355 g/mol. The minimum Gasteiger partial charge on any atom is -0.337 e. The van der Waals surface area contributed by atoms with Crippen LogP contribution >= 0.6 is 0 Å². The maximum absolute atomic E-state index is 13.4. The van der Waals surface area contributed by atoms with Gasteiger partial charge in [0, 0.05) is 37.7 Å². The van der Waals surface area contributed by atoms with Crippen molar-refractivity contribution in [1.82, 2.24) is 24.8 Å². The molecule has 1 atom stereocenters. The molecule has 3 heterocycles. The van der Waals surface area contributed by atoms with Gasteiger partial charge in [-0.05, 0) is 50.3 Å². The molecule has 1 spiro atoms.